The molecule has 0 bridgehead atoms. The molecule has 1 aliphatic rings. The maximum absolute atomic E-state index is 13.3. The Labute approximate surface area is 170 Å². The minimum absolute atomic E-state index is 0.173. The molecule has 1 amide bonds. The van der Waals surface area contributed by atoms with E-state index in [0.717, 1.165) is 30.6 Å². The number of hydrogen-bond acceptors (Lipinski definition) is 3. The van der Waals surface area contributed by atoms with Crippen LogP contribution >= 0.6 is 0 Å². The number of amides is 1. The fraction of sp³-hybridized carbons (Fsp3) is 0.348. The van der Waals surface area contributed by atoms with Crippen LogP contribution in [0.4, 0.5) is 0 Å². The average molecular weight is 391 g/mol. The van der Waals surface area contributed by atoms with Gasteiger partial charge in [-0.3, -0.25) is 14.2 Å². The molecule has 6 heteroatoms. The van der Waals surface area contributed by atoms with Crippen molar-refractivity contribution in [2.24, 2.45) is 0 Å². The fourth-order valence-electron chi connectivity index (χ4n) is 3.93. The zero-order valence-electron chi connectivity index (χ0n) is 17.0. The van der Waals surface area contributed by atoms with Gasteiger partial charge in [-0.25, -0.2) is 4.98 Å². The molecule has 29 heavy (non-hydrogen) atoms. The lowest BCUT2D eigenvalue weighted by atomic mass is 10.1. The van der Waals surface area contributed by atoms with E-state index in [1.807, 2.05) is 48.2 Å². The highest BCUT2D eigenvalue weighted by atomic mass is 16.2. The second-order valence-corrected chi connectivity index (χ2v) is 7.75. The molecular formula is C23H27N4O2+. The quantitative estimate of drug-likeness (QED) is 0.725. The number of nitrogens with one attached hydrogen (secondary N) is 1. The second kappa shape index (κ2) is 8.17. The molecule has 0 aliphatic carbocycles. The summed E-state index contributed by atoms with van der Waals surface area (Å²) in [5, 5.41) is 0.806. The Bertz CT molecular complexity index is 1080. The summed E-state index contributed by atoms with van der Waals surface area (Å²) in [6.07, 6.45) is 1.68. The average Bonchev–Trinajstić information content (AvgIpc) is 2.76. The Morgan fingerprint density at radius 2 is 1.86 bits per heavy atom. The molecule has 0 unspecified atom stereocenters. The Morgan fingerprint density at radius 3 is 2.55 bits per heavy atom. The predicted molar refractivity (Wildman–Crippen MR) is 113 cm³/mol. The number of fused-ring (bicyclic) bond motifs is 1. The molecule has 4 rings (SSSR count). The molecule has 0 spiro atoms. The maximum Gasteiger partial charge on any atom is 0.265 e. The van der Waals surface area contributed by atoms with Crippen molar-refractivity contribution in [1.29, 1.82) is 0 Å². The third-order valence-electron chi connectivity index (χ3n) is 5.80. The van der Waals surface area contributed by atoms with Gasteiger partial charge in [0, 0.05) is 11.6 Å². The van der Waals surface area contributed by atoms with Gasteiger partial charge in [0.15, 0.2) is 0 Å². The van der Waals surface area contributed by atoms with Gasteiger partial charge in [0.1, 0.15) is 11.2 Å². The molecule has 3 aromatic rings. The van der Waals surface area contributed by atoms with Gasteiger partial charge in [-0.15, -0.1) is 0 Å². The molecule has 1 N–H and O–H groups in total. The molecule has 1 aliphatic heterocycles. The highest BCUT2D eigenvalue weighted by Crippen LogP contribution is 2.14. The number of rotatable bonds is 4. The van der Waals surface area contributed by atoms with E-state index in [2.05, 4.69) is 11.9 Å². The Kier molecular flexibility index (Phi) is 5.45. The number of carbonyl (C=O) groups is 1. The van der Waals surface area contributed by atoms with E-state index in [0.29, 0.717) is 25.3 Å². The zero-order valence-corrected chi connectivity index (χ0v) is 17.0. The topological polar surface area (TPSA) is 59.6 Å². The Hall–Kier alpha value is -2.99. The second-order valence-electron chi connectivity index (χ2n) is 7.75. The molecule has 6 nitrogen and oxygen atoms in total. The lowest BCUT2D eigenvalue weighted by molar-refractivity contribution is -0.902. The smallest absolute Gasteiger partial charge is 0.265 e. The van der Waals surface area contributed by atoms with Crippen LogP contribution in [0.25, 0.3) is 11.0 Å². The first kappa shape index (κ1) is 19.3. The SMILES string of the molecule is CC[NH+]1CCN(C(=O)c2cc3cccnc3n(Cc3ccc(C)cc3)c2=O)CC1. The van der Waals surface area contributed by atoms with E-state index in [-0.39, 0.29) is 17.0 Å². The van der Waals surface area contributed by atoms with Crippen LogP contribution in [0, 0.1) is 6.92 Å². The van der Waals surface area contributed by atoms with Gasteiger partial charge in [-0.1, -0.05) is 29.8 Å². The summed E-state index contributed by atoms with van der Waals surface area (Å²) < 4.78 is 1.63. The van der Waals surface area contributed by atoms with Crippen LogP contribution in [0.15, 0.2) is 53.5 Å². The summed E-state index contributed by atoms with van der Waals surface area (Å²) >= 11 is 0. The first-order valence-electron chi connectivity index (χ1n) is 10.2. The van der Waals surface area contributed by atoms with Crippen molar-refractivity contribution in [1.82, 2.24) is 14.5 Å². The summed E-state index contributed by atoms with van der Waals surface area (Å²) in [6, 6.07) is 13.5. The number of hydrogen-bond donors (Lipinski definition) is 1. The summed E-state index contributed by atoms with van der Waals surface area (Å²) in [6.45, 7) is 8.87. The van der Waals surface area contributed by atoms with Gasteiger partial charge >= 0.3 is 0 Å². The van der Waals surface area contributed by atoms with Crippen molar-refractivity contribution in [3.8, 4) is 0 Å². The molecule has 1 aromatic carbocycles. The largest absolute Gasteiger partial charge is 0.332 e. The van der Waals surface area contributed by atoms with Gasteiger partial charge in [0.2, 0.25) is 0 Å². The minimum atomic E-state index is -0.271. The van der Waals surface area contributed by atoms with Gasteiger partial charge in [0.05, 0.1) is 39.3 Å². The van der Waals surface area contributed by atoms with Crippen LogP contribution in [0.5, 0.6) is 0 Å². The molecule has 150 valence electrons. The van der Waals surface area contributed by atoms with E-state index < -0.39 is 0 Å². The van der Waals surface area contributed by atoms with E-state index in [1.54, 1.807) is 16.8 Å². The summed E-state index contributed by atoms with van der Waals surface area (Å²) in [4.78, 5) is 34.3. The molecule has 1 fully saturated rings. The van der Waals surface area contributed by atoms with Crippen molar-refractivity contribution in [3.63, 3.8) is 0 Å². The van der Waals surface area contributed by atoms with E-state index in [9.17, 15) is 9.59 Å². The van der Waals surface area contributed by atoms with Crippen LogP contribution in [-0.4, -0.2) is 53.1 Å². The number of pyridine rings is 2. The lowest BCUT2D eigenvalue weighted by Crippen LogP contribution is -3.14. The monoisotopic (exact) mass is 391 g/mol. The summed E-state index contributed by atoms with van der Waals surface area (Å²) in [5.74, 6) is -0.173. The van der Waals surface area contributed by atoms with Crippen molar-refractivity contribution < 1.29 is 9.69 Å². The fourth-order valence-corrected chi connectivity index (χ4v) is 3.93. The normalized spacial score (nSPS) is 15.0. The van der Waals surface area contributed by atoms with Crippen molar-refractivity contribution in [2.45, 2.75) is 20.4 Å². The Morgan fingerprint density at radius 1 is 1.14 bits per heavy atom. The number of nitrogens with zero attached hydrogens (tertiary/aromatic N) is 3. The molecule has 0 radical (unpaired) electrons. The minimum Gasteiger partial charge on any atom is -0.332 e. The molecule has 2 aromatic heterocycles. The van der Waals surface area contributed by atoms with Gasteiger partial charge in [-0.2, -0.15) is 0 Å². The van der Waals surface area contributed by atoms with Crippen molar-refractivity contribution >= 4 is 16.9 Å². The number of quaternary nitrogens is 1. The number of piperazine rings is 1. The number of likely N-dealkylation sites (N-methyl/N-ethyl adjacent to an activating group) is 1. The van der Waals surface area contributed by atoms with Crippen LogP contribution < -0.4 is 10.5 Å². The predicted octanol–water partition coefficient (Wildman–Crippen LogP) is 1.11. The summed E-state index contributed by atoms with van der Waals surface area (Å²) in [5.41, 5.74) is 2.75. The lowest BCUT2D eigenvalue weighted by Gasteiger charge is -2.31. The van der Waals surface area contributed by atoms with E-state index in [4.69, 9.17) is 0 Å². The van der Waals surface area contributed by atoms with Gasteiger partial charge in [0.25, 0.3) is 11.5 Å². The van der Waals surface area contributed by atoms with E-state index >= 15 is 0 Å². The van der Waals surface area contributed by atoms with Gasteiger partial charge < -0.3 is 9.80 Å². The van der Waals surface area contributed by atoms with Crippen LogP contribution in [0.1, 0.15) is 28.4 Å². The Balaban J connectivity index is 1.73. The van der Waals surface area contributed by atoms with Crippen molar-refractivity contribution in [2.75, 3.05) is 32.7 Å². The zero-order chi connectivity index (χ0) is 20.4. The first-order chi connectivity index (χ1) is 14.1. The highest BCUT2D eigenvalue weighted by molar-refractivity contribution is 5.97. The number of aromatic nitrogens is 2. The van der Waals surface area contributed by atoms with Gasteiger partial charge in [-0.05, 0) is 37.6 Å². The molecule has 1 saturated heterocycles. The maximum atomic E-state index is 13.3. The standard InChI is InChI=1S/C23H26N4O2/c1-3-25-11-13-26(14-12-25)22(28)20-15-19-5-4-10-24-21(19)27(23(20)29)16-18-8-6-17(2)7-9-18/h4-10,15H,3,11-14,16H2,1-2H3/p+1. The number of aryl methyl sites for hydroxylation is 1. The third kappa shape index (κ3) is 3.93. The molecule has 3 heterocycles. The van der Waals surface area contributed by atoms with Crippen LogP contribution in [0.2, 0.25) is 0 Å². The van der Waals surface area contributed by atoms with E-state index in [1.165, 1.54) is 10.5 Å². The van der Waals surface area contributed by atoms with Crippen LogP contribution in [0.3, 0.4) is 0 Å². The number of carbonyl (C=O) groups excluding carboxylic acids is 1. The van der Waals surface area contributed by atoms with Crippen molar-refractivity contribution in [3.05, 3.63) is 75.7 Å². The van der Waals surface area contributed by atoms with Crippen LogP contribution in [-0.2, 0) is 6.54 Å². The molecular weight excluding hydrogens is 364 g/mol. The number of benzene rings is 1. The molecule has 0 atom stereocenters. The summed E-state index contributed by atoms with van der Waals surface area (Å²) in [7, 11) is 0. The molecule has 0 saturated carbocycles. The third-order valence-corrected chi connectivity index (χ3v) is 5.80. The first-order valence-corrected chi connectivity index (χ1v) is 10.2. The highest BCUT2D eigenvalue weighted by Gasteiger charge is 2.26.